The smallest absolute Gasteiger partial charge is 0.200 e. The Morgan fingerprint density at radius 3 is 2.95 bits per heavy atom. The van der Waals surface area contributed by atoms with E-state index in [4.69, 9.17) is 12.2 Å². The summed E-state index contributed by atoms with van der Waals surface area (Å²) in [5.41, 5.74) is 1.95. The van der Waals surface area contributed by atoms with Crippen molar-refractivity contribution >= 4 is 34.5 Å². The topological polar surface area (TPSA) is 46.5 Å². The Kier molecular flexibility index (Phi) is 2.90. The molecular weight excluding hydrogens is 300 g/mol. The van der Waals surface area contributed by atoms with Gasteiger partial charge in [0.15, 0.2) is 10.6 Å². The van der Waals surface area contributed by atoms with Gasteiger partial charge in [0.25, 0.3) is 0 Å². The summed E-state index contributed by atoms with van der Waals surface area (Å²) in [6.45, 7) is 0. The minimum absolute atomic E-state index is 0.585. The third-order valence-corrected chi connectivity index (χ3v) is 4.40. The lowest BCUT2D eigenvalue weighted by Crippen LogP contribution is -1.97. The lowest BCUT2D eigenvalue weighted by Gasteiger charge is -2.06. The molecule has 0 bridgehead atoms. The van der Waals surface area contributed by atoms with E-state index in [9.17, 15) is 0 Å². The molecule has 21 heavy (non-hydrogen) atoms. The number of aromatic nitrogens is 4. The van der Waals surface area contributed by atoms with Gasteiger partial charge >= 0.3 is 0 Å². The Labute approximate surface area is 129 Å². The molecule has 0 saturated heterocycles. The monoisotopic (exact) mass is 310 g/mol. The van der Waals surface area contributed by atoms with Gasteiger partial charge in [-0.25, -0.2) is 0 Å². The van der Waals surface area contributed by atoms with Crippen molar-refractivity contribution in [1.29, 1.82) is 0 Å². The first-order chi connectivity index (χ1) is 10.3. The number of fused-ring (bicyclic) bond motifs is 1. The fraction of sp³-hybridized carbons (Fsp3) is 0. The summed E-state index contributed by atoms with van der Waals surface area (Å²) in [6, 6.07) is 14.1. The normalized spacial score (nSPS) is 11.0. The molecule has 0 fully saturated rings. The van der Waals surface area contributed by atoms with Crippen molar-refractivity contribution in [2.75, 3.05) is 0 Å². The summed E-state index contributed by atoms with van der Waals surface area (Å²) in [5, 5.41) is 10.3. The van der Waals surface area contributed by atoms with Gasteiger partial charge in [-0.05, 0) is 47.9 Å². The molecule has 0 amide bonds. The predicted molar refractivity (Wildman–Crippen MR) is 87.4 cm³/mol. The minimum Gasteiger partial charge on any atom is -0.267 e. The van der Waals surface area contributed by atoms with Crippen molar-refractivity contribution in [2.24, 2.45) is 0 Å². The second kappa shape index (κ2) is 4.91. The van der Waals surface area contributed by atoms with Crippen molar-refractivity contribution in [3.05, 3.63) is 58.8 Å². The Bertz CT molecular complexity index is 967. The van der Waals surface area contributed by atoms with Crippen LogP contribution in [-0.4, -0.2) is 19.7 Å². The van der Waals surface area contributed by atoms with Crippen molar-refractivity contribution in [3.8, 4) is 16.4 Å². The van der Waals surface area contributed by atoms with Crippen LogP contribution in [0.25, 0.3) is 27.3 Å². The van der Waals surface area contributed by atoms with Gasteiger partial charge in [-0.1, -0.05) is 12.1 Å². The van der Waals surface area contributed by atoms with E-state index in [0.717, 1.165) is 27.3 Å². The molecule has 6 heteroatoms. The molecule has 0 spiro atoms. The Morgan fingerprint density at radius 1 is 1.14 bits per heavy atom. The van der Waals surface area contributed by atoms with Gasteiger partial charge in [-0.15, -0.1) is 11.3 Å². The number of nitrogens with zero attached hydrogens (tertiary/aromatic N) is 3. The second-order valence-electron chi connectivity index (χ2n) is 4.55. The molecule has 3 aromatic heterocycles. The van der Waals surface area contributed by atoms with E-state index in [1.807, 2.05) is 46.3 Å². The molecule has 4 aromatic rings. The number of H-pyrrole nitrogens is 1. The van der Waals surface area contributed by atoms with Crippen LogP contribution in [0.4, 0.5) is 0 Å². The summed E-state index contributed by atoms with van der Waals surface area (Å²) in [4.78, 5) is 5.42. The van der Waals surface area contributed by atoms with Crippen LogP contribution in [0.15, 0.2) is 54.0 Å². The zero-order chi connectivity index (χ0) is 14.2. The maximum Gasteiger partial charge on any atom is 0.200 e. The number of pyridine rings is 1. The highest BCUT2D eigenvalue weighted by molar-refractivity contribution is 7.71. The van der Waals surface area contributed by atoms with E-state index in [1.165, 1.54) is 0 Å². The zero-order valence-electron chi connectivity index (χ0n) is 10.9. The fourth-order valence-corrected chi connectivity index (χ4v) is 3.25. The van der Waals surface area contributed by atoms with Crippen LogP contribution in [0, 0.1) is 4.77 Å². The van der Waals surface area contributed by atoms with E-state index in [-0.39, 0.29) is 0 Å². The molecule has 4 nitrogen and oxygen atoms in total. The maximum atomic E-state index is 5.39. The number of hydrogen-bond acceptors (Lipinski definition) is 4. The standard InChI is InChI=1S/C15H10N4S2/c20-15-18-17-14(13-4-2-8-21-13)19(15)11-5-6-12-10(9-11)3-1-7-16-12/h1-9H,(H,18,20). The molecule has 0 saturated carbocycles. The van der Waals surface area contributed by atoms with Crippen LogP contribution in [0.2, 0.25) is 0 Å². The van der Waals surface area contributed by atoms with Crippen LogP contribution < -0.4 is 0 Å². The van der Waals surface area contributed by atoms with Crippen LogP contribution in [0.3, 0.4) is 0 Å². The summed E-state index contributed by atoms with van der Waals surface area (Å²) in [5.74, 6) is 0.832. The van der Waals surface area contributed by atoms with Gasteiger partial charge in [-0.2, -0.15) is 5.10 Å². The number of hydrogen-bond donors (Lipinski definition) is 1. The predicted octanol–water partition coefficient (Wildman–Crippen LogP) is 4.21. The first kappa shape index (κ1) is 12.4. The highest BCUT2D eigenvalue weighted by atomic mass is 32.1. The number of rotatable bonds is 2. The van der Waals surface area contributed by atoms with Gasteiger partial charge in [0.05, 0.1) is 16.1 Å². The molecule has 0 atom stereocenters. The number of aromatic amines is 1. The molecule has 0 unspecified atom stereocenters. The molecule has 1 aromatic carbocycles. The number of benzene rings is 1. The van der Waals surface area contributed by atoms with Crippen molar-refractivity contribution in [3.63, 3.8) is 0 Å². The summed E-state index contributed by atoms with van der Waals surface area (Å²) in [6.07, 6.45) is 1.79. The highest BCUT2D eigenvalue weighted by Gasteiger charge is 2.11. The zero-order valence-corrected chi connectivity index (χ0v) is 12.5. The van der Waals surface area contributed by atoms with Crippen molar-refractivity contribution in [2.45, 2.75) is 0 Å². The SMILES string of the molecule is S=c1[nH]nc(-c2cccs2)n1-c1ccc2ncccc2c1. The largest absolute Gasteiger partial charge is 0.267 e. The van der Waals surface area contributed by atoms with Crippen LogP contribution in [0.1, 0.15) is 0 Å². The van der Waals surface area contributed by atoms with E-state index in [1.54, 1.807) is 17.5 Å². The highest BCUT2D eigenvalue weighted by Crippen LogP contribution is 2.26. The maximum absolute atomic E-state index is 5.39. The van der Waals surface area contributed by atoms with Crippen LogP contribution in [-0.2, 0) is 0 Å². The average Bonchev–Trinajstić information content (AvgIpc) is 3.16. The van der Waals surface area contributed by atoms with E-state index in [2.05, 4.69) is 21.2 Å². The Balaban J connectivity index is 1.96. The molecule has 1 N–H and O–H groups in total. The van der Waals surface area contributed by atoms with Gasteiger partial charge in [0.2, 0.25) is 0 Å². The molecule has 0 aliphatic rings. The van der Waals surface area contributed by atoms with E-state index >= 15 is 0 Å². The van der Waals surface area contributed by atoms with Gasteiger partial charge in [-0.3, -0.25) is 14.6 Å². The summed E-state index contributed by atoms with van der Waals surface area (Å²) in [7, 11) is 0. The quantitative estimate of drug-likeness (QED) is 0.564. The lowest BCUT2D eigenvalue weighted by molar-refractivity contribution is 1.04. The summed E-state index contributed by atoms with van der Waals surface area (Å²) < 4.78 is 2.54. The number of thiophene rings is 1. The Morgan fingerprint density at radius 2 is 2.10 bits per heavy atom. The molecule has 0 radical (unpaired) electrons. The lowest BCUT2D eigenvalue weighted by atomic mass is 10.2. The first-order valence-corrected chi connectivity index (χ1v) is 7.68. The van der Waals surface area contributed by atoms with Crippen LogP contribution in [0.5, 0.6) is 0 Å². The molecule has 4 rings (SSSR count). The molecule has 0 aliphatic carbocycles. The minimum atomic E-state index is 0.585. The second-order valence-corrected chi connectivity index (χ2v) is 5.88. The molecule has 102 valence electrons. The summed E-state index contributed by atoms with van der Waals surface area (Å²) >= 11 is 7.03. The molecular formula is C15H10N4S2. The van der Waals surface area contributed by atoms with Gasteiger partial charge in [0.1, 0.15) is 0 Å². The first-order valence-electron chi connectivity index (χ1n) is 6.39. The van der Waals surface area contributed by atoms with Gasteiger partial charge in [0, 0.05) is 11.6 Å². The van der Waals surface area contributed by atoms with Crippen molar-refractivity contribution < 1.29 is 0 Å². The van der Waals surface area contributed by atoms with Crippen molar-refractivity contribution in [1.82, 2.24) is 19.7 Å². The van der Waals surface area contributed by atoms with Crippen LogP contribution >= 0.6 is 23.6 Å². The fourth-order valence-electron chi connectivity index (χ4n) is 2.31. The third kappa shape index (κ3) is 2.09. The average molecular weight is 310 g/mol. The third-order valence-electron chi connectivity index (χ3n) is 3.26. The van der Waals surface area contributed by atoms with E-state index in [0.29, 0.717) is 4.77 Å². The molecule has 0 aliphatic heterocycles. The number of nitrogens with one attached hydrogen (secondary N) is 1. The van der Waals surface area contributed by atoms with Gasteiger partial charge < -0.3 is 0 Å². The molecule has 3 heterocycles. The Hall–Kier alpha value is -2.31. The van der Waals surface area contributed by atoms with E-state index < -0.39 is 0 Å².